The number of amides is 1. The number of halogens is 1. The quantitative estimate of drug-likeness (QED) is 0.716. The van der Waals surface area contributed by atoms with E-state index in [4.69, 9.17) is 16.9 Å². The van der Waals surface area contributed by atoms with Gasteiger partial charge in [-0.1, -0.05) is 11.6 Å². The third-order valence-electron chi connectivity index (χ3n) is 4.63. The van der Waals surface area contributed by atoms with E-state index in [9.17, 15) is 4.79 Å². The number of nitrogens with one attached hydrogen (secondary N) is 1. The van der Waals surface area contributed by atoms with Crippen LogP contribution >= 0.6 is 11.6 Å². The summed E-state index contributed by atoms with van der Waals surface area (Å²) in [6.07, 6.45) is 5.15. The first-order valence-electron chi connectivity index (χ1n) is 8.93. The highest BCUT2D eigenvalue weighted by atomic mass is 35.5. The molecule has 4 rings (SSSR count). The Morgan fingerprint density at radius 3 is 2.82 bits per heavy atom. The summed E-state index contributed by atoms with van der Waals surface area (Å²) in [5.41, 5.74) is 2.10. The Morgan fingerprint density at radius 2 is 2.14 bits per heavy atom. The van der Waals surface area contributed by atoms with Gasteiger partial charge in [0.05, 0.1) is 11.6 Å². The van der Waals surface area contributed by atoms with E-state index < -0.39 is 6.04 Å². The van der Waals surface area contributed by atoms with Crippen molar-refractivity contribution in [2.75, 3.05) is 0 Å². The lowest BCUT2D eigenvalue weighted by atomic mass is 10.1. The molecule has 28 heavy (non-hydrogen) atoms. The van der Waals surface area contributed by atoms with Crippen molar-refractivity contribution in [2.45, 2.75) is 31.7 Å². The van der Waals surface area contributed by atoms with E-state index in [-0.39, 0.29) is 5.91 Å². The second-order valence-corrected chi connectivity index (χ2v) is 7.23. The van der Waals surface area contributed by atoms with Crippen LogP contribution in [0.3, 0.4) is 0 Å². The van der Waals surface area contributed by atoms with Crippen molar-refractivity contribution in [3.8, 4) is 11.9 Å². The third-order valence-corrected chi connectivity index (χ3v) is 4.85. The molecule has 1 aromatic carbocycles. The number of benzene rings is 1. The van der Waals surface area contributed by atoms with Gasteiger partial charge in [-0.2, -0.15) is 15.0 Å². The number of pyridine rings is 1. The number of aromatic nitrogens is 4. The normalized spacial score (nSPS) is 14.3. The fraction of sp³-hybridized carbons (Fsp3) is 0.250. The summed E-state index contributed by atoms with van der Waals surface area (Å²) in [5, 5.41) is 16.6. The highest BCUT2D eigenvalue weighted by Crippen LogP contribution is 2.41. The smallest absolute Gasteiger partial charge is 0.251 e. The van der Waals surface area contributed by atoms with Crippen molar-refractivity contribution in [2.24, 2.45) is 0 Å². The molecule has 8 heteroatoms. The Kier molecular flexibility index (Phi) is 4.80. The monoisotopic (exact) mass is 392 g/mol. The van der Waals surface area contributed by atoms with Crippen LogP contribution in [0.5, 0.6) is 0 Å². The van der Waals surface area contributed by atoms with Gasteiger partial charge in [-0.05, 0) is 61.6 Å². The van der Waals surface area contributed by atoms with Crippen molar-refractivity contribution in [3.05, 3.63) is 70.4 Å². The van der Waals surface area contributed by atoms with E-state index in [0.29, 0.717) is 33.7 Å². The Hall–Kier alpha value is -3.24. The molecular weight excluding hydrogens is 376 g/mol. The average Bonchev–Trinajstić information content (AvgIpc) is 3.44. The van der Waals surface area contributed by atoms with Crippen LogP contribution in [0.2, 0.25) is 5.02 Å². The summed E-state index contributed by atoms with van der Waals surface area (Å²) in [5.74, 6) is 1.34. The van der Waals surface area contributed by atoms with E-state index in [1.165, 1.54) is 12.5 Å². The zero-order chi connectivity index (χ0) is 19.7. The molecule has 0 saturated heterocycles. The topological polar surface area (TPSA) is 96.5 Å². The molecule has 0 unspecified atom stereocenters. The lowest BCUT2D eigenvalue weighted by molar-refractivity contribution is 0.0937. The van der Waals surface area contributed by atoms with Gasteiger partial charge in [-0.25, -0.2) is 9.97 Å². The van der Waals surface area contributed by atoms with E-state index in [2.05, 4.69) is 20.4 Å². The predicted molar refractivity (Wildman–Crippen MR) is 103 cm³/mol. The molecule has 0 spiro atoms. The van der Waals surface area contributed by atoms with Crippen LogP contribution in [0, 0.1) is 11.3 Å². The maximum Gasteiger partial charge on any atom is 0.251 e. The third kappa shape index (κ3) is 3.73. The molecule has 1 atom stereocenters. The van der Waals surface area contributed by atoms with Crippen LogP contribution in [-0.2, 0) is 0 Å². The van der Waals surface area contributed by atoms with Crippen molar-refractivity contribution < 1.29 is 4.79 Å². The molecule has 1 amide bonds. The minimum Gasteiger partial charge on any atom is -0.342 e. The number of carbonyl (C=O) groups excluding carboxylic acids is 1. The first-order chi connectivity index (χ1) is 13.5. The Balaban J connectivity index is 1.54. The molecule has 1 aliphatic carbocycles. The maximum atomic E-state index is 12.8. The minimum atomic E-state index is -0.407. The van der Waals surface area contributed by atoms with E-state index in [0.717, 1.165) is 18.4 Å². The van der Waals surface area contributed by atoms with Crippen LogP contribution in [0.1, 0.15) is 59.0 Å². The standard InChI is InChI=1S/C20H17ClN6O/c1-12(19-24-11-25-27(19)18-5-2-13(9-22)10-23-18)26-20(28)16-6-15(14-3-4-14)7-17(21)8-16/h2,5-8,10-12,14H,3-4H2,1H3,(H,26,28)/t12-/m0/s1. The number of rotatable bonds is 5. The number of hydrogen-bond acceptors (Lipinski definition) is 5. The Morgan fingerprint density at radius 1 is 1.32 bits per heavy atom. The second-order valence-electron chi connectivity index (χ2n) is 6.79. The van der Waals surface area contributed by atoms with Crippen LogP contribution in [0.4, 0.5) is 0 Å². The largest absolute Gasteiger partial charge is 0.342 e. The van der Waals surface area contributed by atoms with Crippen molar-refractivity contribution in [1.29, 1.82) is 5.26 Å². The highest BCUT2D eigenvalue weighted by Gasteiger charge is 2.25. The first kappa shape index (κ1) is 18.1. The summed E-state index contributed by atoms with van der Waals surface area (Å²) < 4.78 is 1.54. The van der Waals surface area contributed by atoms with Gasteiger partial charge < -0.3 is 5.32 Å². The molecule has 7 nitrogen and oxygen atoms in total. The van der Waals surface area contributed by atoms with Gasteiger partial charge in [0.2, 0.25) is 0 Å². The first-order valence-corrected chi connectivity index (χ1v) is 9.30. The van der Waals surface area contributed by atoms with Gasteiger partial charge in [0.25, 0.3) is 5.91 Å². The van der Waals surface area contributed by atoms with Crippen LogP contribution in [0.15, 0.2) is 42.9 Å². The number of nitriles is 1. The minimum absolute atomic E-state index is 0.223. The van der Waals surface area contributed by atoms with Gasteiger partial charge in [0.1, 0.15) is 12.4 Å². The molecule has 1 aliphatic rings. The zero-order valence-corrected chi connectivity index (χ0v) is 15.9. The molecular formula is C20H17ClN6O. The summed E-state index contributed by atoms with van der Waals surface area (Å²) in [7, 11) is 0. The fourth-order valence-electron chi connectivity index (χ4n) is 3.04. The molecule has 2 aromatic heterocycles. The molecule has 3 aromatic rings. The molecule has 0 bridgehead atoms. The fourth-order valence-corrected chi connectivity index (χ4v) is 3.28. The maximum absolute atomic E-state index is 12.8. The molecule has 0 radical (unpaired) electrons. The van der Waals surface area contributed by atoms with Gasteiger partial charge >= 0.3 is 0 Å². The van der Waals surface area contributed by atoms with Gasteiger partial charge in [-0.3, -0.25) is 4.79 Å². The van der Waals surface area contributed by atoms with Crippen molar-refractivity contribution in [3.63, 3.8) is 0 Å². The summed E-state index contributed by atoms with van der Waals surface area (Å²) >= 11 is 6.19. The van der Waals surface area contributed by atoms with E-state index in [1.807, 2.05) is 25.1 Å². The van der Waals surface area contributed by atoms with Crippen LogP contribution in [-0.4, -0.2) is 25.7 Å². The van der Waals surface area contributed by atoms with Gasteiger partial charge in [-0.15, -0.1) is 0 Å². The van der Waals surface area contributed by atoms with Crippen LogP contribution in [0.25, 0.3) is 5.82 Å². The van der Waals surface area contributed by atoms with Crippen LogP contribution < -0.4 is 5.32 Å². The summed E-state index contributed by atoms with van der Waals surface area (Å²) in [4.78, 5) is 21.2. The van der Waals surface area contributed by atoms with Crippen molar-refractivity contribution in [1.82, 2.24) is 25.1 Å². The lowest BCUT2D eigenvalue weighted by Crippen LogP contribution is -2.29. The SMILES string of the molecule is C[C@H](NC(=O)c1cc(Cl)cc(C2CC2)c1)c1ncnn1-c1ccc(C#N)cn1. The molecule has 1 saturated carbocycles. The van der Waals surface area contributed by atoms with E-state index in [1.54, 1.807) is 22.9 Å². The molecule has 1 N–H and O–H groups in total. The zero-order valence-electron chi connectivity index (χ0n) is 15.1. The van der Waals surface area contributed by atoms with Crippen molar-refractivity contribution >= 4 is 17.5 Å². The Bertz CT molecular complexity index is 1070. The summed E-state index contributed by atoms with van der Waals surface area (Å²) in [6, 6.07) is 10.5. The molecule has 0 aliphatic heterocycles. The molecule has 140 valence electrons. The average molecular weight is 393 g/mol. The number of nitrogens with zero attached hydrogens (tertiary/aromatic N) is 5. The highest BCUT2D eigenvalue weighted by molar-refractivity contribution is 6.31. The molecule has 1 fully saturated rings. The van der Waals surface area contributed by atoms with Gasteiger partial charge in [0.15, 0.2) is 11.6 Å². The van der Waals surface area contributed by atoms with Gasteiger partial charge in [0, 0.05) is 16.8 Å². The summed E-state index contributed by atoms with van der Waals surface area (Å²) in [6.45, 7) is 1.83. The molecule has 2 heterocycles. The lowest BCUT2D eigenvalue weighted by Gasteiger charge is -2.15. The number of hydrogen-bond donors (Lipinski definition) is 1. The van der Waals surface area contributed by atoms with E-state index >= 15 is 0 Å². The Labute approximate surface area is 167 Å². The number of carbonyl (C=O) groups is 1. The predicted octanol–water partition coefficient (Wildman–Crippen LogP) is 3.56. The second kappa shape index (κ2) is 7.41.